The van der Waals surface area contributed by atoms with Gasteiger partial charge in [-0.1, -0.05) is 26.0 Å². The summed E-state index contributed by atoms with van der Waals surface area (Å²) in [5.41, 5.74) is 13.9. The zero-order chi connectivity index (χ0) is 14.8. The molecule has 0 radical (unpaired) electrons. The number of nitrogen functional groups attached to an aromatic ring is 2. The van der Waals surface area contributed by atoms with E-state index >= 15 is 0 Å². The van der Waals surface area contributed by atoms with E-state index in [0.717, 1.165) is 16.6 Å². The Morgan fingerprint density at radius 2 is 1.40 bits per heavy atom. The smallest absolute Gasteiger partial charge is 0.122 e. The summed E-state index contributed by atoms with van der Waals surface area (Å²) in [6.45, 7) is 4.00. The van der Waals surface area contributed by atoms with E-state index in [2.05, 4.69) is 0 Å². The quantitative estimate of drug-likeness (QED) is 0.667. The van der Waals surface area contributed by atoms with Crippen LogP contribution in [-0.2, 0) is 4.57 Å². The SMILES string of the molecule is CCP(=O)(c1ccc(N)cc1)C(C)c1ccc(N)cc1. The van der Waals surface area contributed by atoms with E-state index in [4.69, 9.17) is 11.5 Å². The maximum Gasteiger partial charge on any atom is 0.122 e. The van der Waals surface area contributed by atoms with Gasteiger partial charge in [0.05, 0.1) is 0 Å². The molecule has 0 saturated carbocycles. The van der Waals surface area contributed by atoms with Gasteiger partial charge in [0.15, 0.2) is 0 Å². The van der Waals surface area contributed by atoms with Gasteiger partial charge in [0, 0.05) is 28.5 Å². The first-order chi connectivity index (χ1) is 9.47. The second-order valence-corrected chi connectivity index (χ2v) is 8.56. The van der Waals surface area contributed by atoms with Crippen molar-refractivity contribution in [2.24, 2.45) is 0 Å². The Morgan fingerprint density at radius 3 is 1.85 bits per heavy atom. The molecule has 0 bridgehead atoms. The number of rotatable bonds is 4. The summed E-state index contributed by atoms with van der Waals surface area (Å²) in [7, 11) is -2.50. The van der Waals surface area contributed by atoms with Crippen molar-refractivity contribution in [3.63, 3.8) is 0 Å². The Kier molecular flexibility index (Phi) is 4.20. The molecule has 0 aliphatic rings. The lowest BCUT2D eigenvalue weighted by Gasteiger charge is -2.25. The van der Waals surface area contributed by atoms with Gasteiger partial charge in [0.25, 0.3) is 0 Å². The van der Waals surface area contributed by atoms with Gasteiger partial charge in [-0.05, 0) is 42.0 Å². The molecule has 20 heavy (non-hydrogen) atoms. The fourth-order valence-corrected chi connectivity index (χ4v) is 5.09. The van der Waals surface area contributed by atoms with Gasteiger partial charge in [0.2, 0.25) is 0 Å². The highest BCUT2D eigenvalue weighted by Gasteiger charge is 2.30. The lowest BCUT2D eigenvalue weighted by atomic mass is 10.1. The maximum absolute atomic E-state index is 13.4. The summed E-state index contributed by atoms with van der Waals surface area (Å²) < 4.78 is 13.4. The van der Waals surface area contributed by atoms with Gasteiger partial charge in [-0.2, -0.15) is 0 Å². The minimum atomic E-state index is -2.50. The minimum Gasteiger partial charge on any atom is -0.399 e. The molecule has 0 saturated heterocycles. The van der Waals surface area contributed by atoms with Gasteiger partial charge in [-0.25, -0.2) is 0 Å². The topological polar surface area (TPSA) is 69.1 Å². The predicted molar refractivity (Wildman–Crippen MR) is 87.9 cm³/mol. The van der Waals surface area contributed by atoms with E-state index in [1.165, 1.54) is 0 Å². The summed E-state index contributed by atoms with van der Waals surface area (Å²) in [6, 6.07) is 15.0. The summed E-state index contributed by atoms with van der Waals surface area (Å²) in [5.74, 6) is 0. The van der Waals surface area contributed by atoms with Crippen molar-refractivity contribution in [2.75, 3.05) is 17.6 Å². The fraction of sp³-hybridized carbons (Fsp3) is 0.250. The second kappa shape index (κ2) is 5.72. The summed E-state index contributed by atoms with van der Waals surface area (Å²) >= 11 is 0. The number of hydrogen-bond acceptors (Lipinski definition) is 3. The van der Waals surface area contributed by atoms with Gasteiger partial charge >= 0.3 is 0 Å². The molecule has 106 valence electrons. The molecule has 2 aromatic rings. The normalized spacial score (nSPS) is 15.5. The van der Waals surface area contributed by atoms with E-state index in [1.54, 1.807) is 0 Å². The first-order valence-electron chi connectivity index (χ1n) is 6.77. The van der Waals surface area contributed by atoms with Crippen molar-refractivity contribution in [1.82, 2.24) is 0 Å². The Labute approximate surface area is 120 Å². The van der Waals surface area contributed by atoms with E-state index in [-0.39, 0.29) is 5.66 Å². The van der Waals surface area contributed by atoms with Crippen LogP contribution in [0.5, 0.6) is 0 Å². The van der Waals surface area contributed by atoms with Crippen molar-refractivity contribution in [2.45, 2.75) is 19.5 Å². The highest BCUT2D eigenvalue weighted by Crippen LogP contribution is 2.57. The largest absolute Gasteiger partial charge is 0.399 e. The zero-order valence-corrected chi connectivity index (χ0v) is 12.8. The number of benzene rings is 2. The average Bonchev–Trinajstić information content (AvgIpc) is 2.47. The van der Waals surface area contributed by atoms with E-state index in [9.17, 15) is 4.57 Å². The third-order valence-corrected chi connectivity index (χ3v) is 7.51. The summed E-state index contributed by atoms with van der Waals surface area (Å²) in [5, 5.41) is 0.888. The van der Waals surface area contributed by atoms with Crippen LogP contribution in [-0.4, -0.2) is 6.16 Å². The van der Waals surface area contributed by atoms with Crippen LogP contribution in [0, 0.1) is 0 Å². The van der Waals surface area contributed by atoms with Gasteiger partial charge < -0.3 is 16.0 Å². The molecule has 0 amide bonds. The van der Waals surface area contributed by atoms with Crippen LogP contribution in [0.15, 0.2) is 48.5 Å². The number of hydrogen-bond donors (Lipinski definition) is 2. The van der Waals surface area contributed by atoms with Crippen LogP contribution in [0.3, 0.4) is 0 Å². The second-order valence-electron chi connectivity index (χ2n) is 5.05. The predicted octanol–water partition coefficient (Wildman–Crippen LogP) is 3.62. The highest BCUT2D eigenvalue weighted by atomic mass is 31.2. The summed E-state index contributed by atoms with van der Waals surface area (Å²) in [4.78, 5) is 0. The molecule has 0 heterocycles. The Balaban J connectivity index is 2.42. The van der Waals surface area contributed by atoms with Crippen molar-refractivity contribution >= 4 is 23.8 Å². The first kappa shape index (κ1) is 14.7. The molecule has 0 aromatic heterocycles. The van der Waals surface area contributed by atoms with Crippen molar-refractivity contribution in [3.05, 3.63) is 54.1 Å². The molecule has 2 aromatic carbocycles. The van der Waals surface area contributed by atoms with Crippen LogP contribution in [0.25, 0.3) is 0 Å². The highest BCUT2D eigenvalue weighted by molar-refractivity contribution is 7.71. The molecule has 0 spiro atoms. The molecule has 0 aliphatic heterocycles. The summed E-state index contributed by atoms with van der Waals surface area (Å²) in [6.07, 6.45) is 0.627. The van der Waals surface area contributed by atoms with Gasteiger partial charge in [-0.3, -0.25) is 0 Å². The number of nitrogens with two attached hydrogens (primary N) is 2. The minimum absolute atomic E-state index is 0.0308. The van der Waals surface area contributed by atoms with Crippen molar-refractivity contribution in [1.29, 1.82) is 0 Å². The molecular formula is C16H21N2OP. The Morgan fingerprint density at radius 1 is 0.950 bits per heavy atom. The maximum atomic E-state index is 13.4. The molecule has 4 heteroatoms. The lowest BCUT2D eigenvalue weighted by molar-refractivity contribution is 0.575. The van der Waals surface area contributed by atoms with Crippen molar-refractivity contribution < 1.29 is 4.57 Å². The number of anilines is 2. The van der Waals surface area contributed by atoms with Crippen LogP contribution in [0.1, 0.15) is 25.1 Å². The first-order valence-corrected chi connectivity index (χ1v) is 8.74. The van der Waals surface area contributed by atoms with Crippen LogP contribution < -0.4 is 16.8 Å². The monoisotopic (exact) mass is 288 g/mol. The van der Waals surface area contributed by atoms with Gasteiger partial charge in [0.1, 0.15) is 7.14 Å². The van der Waals surface area contributed by atoms with Gasteiger partial charge in [-0.15, -0.1) is 0 Å². The third-order valence-electron chi connectivity index (χ3n) is 3.84. The Hall–Kier alpha value is -1.73. The molecule has 4 N–H and O–H groups in total. The standard InChI is InChI=1S/C16H21N2OP/c1-3-20(19,16-10-8-15(18)9-11-16)12(2)13-4-6-14(17)7-5-13/h4-12H,3,17-18H2,1-2H3. The molecule has 3 nitrogen and oxygen atoms in total. The third kappa shape index (κ3) is 2.73. The van der Waals surface area contributed by atoms with Crippen LogP contribution in [0.2, 0.25) is 0 Å². The zero-order valence-electron chi connectivity index (χ0n) is 11.9. The molecule has 2 atom stereocenters. The molecule has 2 unspecified atom stereocenters. The molecule has 2 rings (SSSR count). The molecule has 0 fully saturated rings. The average molecular weight is 288 g/mol. The van der Waals surface area contributed by atoms with Crippen LogP contribution >= 0.6 is 7.14 Å². The molecular weight excluding hydrogens is 267 g/mol. The Bertz CT molecular complexity index is 620. The van der Waals surface area contributed by atoms with E-state index < -0.39 is 7.14 Å². The van der Waals surface area contributed by atoms with Crippen LogP contribution in [0.4, 0.5) is 11.4 Å². The van der Waals surface area contributed by atoms with E-state index in [1.807, 2.05) is 62.4 Å². The molecule has 0 aliphatic carbocycles. The lowest BCUT2D eigenvalue weighted by Crippen LogP contribution is -2.12. The van der Waals surface area contributed by atoms with E-state index in [0.29, 0.717) is 11.8 Å². The van der Waals surface area contributed by atoms with Crippen molar-refractivity contribution in [3.8, 4) is 0 Å². The fourth-order valence-electron chi connectivity index (χ4n) is 2.42.